The summed E-state index contributed by atoms with van der Waals surface area (Å²) in [5.74, 6) is 0.752. The van der Waals surface area contributed by atoms with E-state index in [9.17, 15) is 19.7 Å². The molecule has 1 N–H and O–H groups in total. The number of hydrazone groups is 1. The van der Waals surface area contributed by atoms with Gasteiger partial charge in [0.1, 0.15) is 5.75 Å². The number of methoxy groups -OCH3 is 1. The summed E-state index contributed by atoms with van der Waals surface area (Å²) in [5, 5.41) is 28.7. The van der Waals surface area contributed by atoms with Gasteiger partial charge in [0.25, 0.3) is 17.5 Å². The van der Waals surface area contributed by atoms with Crippen LogP contribution in [0.4, 0.5) is 5.69 Å². The van der Waals surface area contributed by atoms with Crippen molar-refractivity contribution in [2.24, 2.45) is 12.1 Å². The highest BCUT2D eigenvalue weighted by Gasteiger charge is 2.33. The van der Waals surface area contributed by atoms with Crippen molar-refractivity contribution in [1.82, 2.24) is 25.1 Å². The summed E-state index contributed by atoms with van der Waals surface area (Å²) in [5.41, 5.74) is 4.07. The smallest absolute Gasteiger partial charge is 0.269 e. The first kappa shape index (κ1) is 29.5. The predicted octanol–water partition coefficient (Wildman–Crippen LogP) is 4.44. The number of nitrogens with zero attached hydrogens (tertiary/aromatic N) is 6. The first-order valence-corrected chi connectivity index (χ1v) is 14.4. The molecule has 1 atom stereocenters. The molecule has 0 fully saturated rings. The number of aromatic nitrogens is 3. The molecule has 0 saturated carbocycles. The third-order valence-electron chi connectivity index (χ3n) is 7.05. The highest BCUT2D eigenvalue weighted by Crippen LogP contribution is 2.34. The van der Waals surface area contributed by atoms with Gasteiger partial charge in [0.2, 0.25) is 0 Å². The van der Waals surface area contributed by atoms with Crippen molar-refractivity contribution in [3.8, 4) is 5.75 Å². The van der Waals surface area contributed by atoms with Gasteiger partial charge in [-0.25, -0.2) is 5.01 Å². The summed E-state index contributed by atoms with van der Waals surface area (Å²) < 4.78 is 6.99. The number of aryl methyl sites for hydroxylation is 1. The highest BCUT2D eigenvalue weighted by atomic mass is 32.2. The third-order valence-corrected chi connectivity index (χ3v) is 8.05. The van der Waals surface area contributed by atoms with E-state index in [2.05, 4.69) is 15.5 Å². The van der Waals surface area contributed by atoms with Gasteiger partial charge >= 0.3 is 0 Å². The van der Waals surface area contributed by atoms with Crippen LogP contribution in [-0.4, -0.2) is 55.1 Å². The van der Waals surface area contributed by atoms with E-state index in [1.165, 1.54) is 36.0 Å². The van der Waals surface area contributed by atoms with Crippen molar-refractivity contribution in [2.75, 3.05) is 12.9 Å². The zero-order chi connectivity index (χ0) is 30.5. The molecule has 5 rings (SSSR count). The van der Waals surface area contributed by atoms with Crippen molar-refractivity contribution < 1.29 is 19.2 Å². The number of ether oxygens (including phenoxy) is 1. The Hall–Kier alpha value is -5.04. The average Bonchev–Trinajstić information content (AvgIpc) is 3.63. The second-order valence-electron chi connectivity index (χ2n) is 9.88. The summed E-state index contributed by atoms with van der Waals surface area (Å²) >= 11 is 1.24. The molecule has 1 aliphatic rings. The molecule has 1 aliphatic heterocycles. The van der Waals surface area contributed by atoms with E-state index < -0.39 is 10.8 Å². The Bertz CT molecular complexity index is 1670. The maximum Gasteiger partial charge on any atom is 0.269 e. The van der Waals surface area contributed by atoms with Gasteiger partial charge in [0, 0.05) is 31.2 Å². The number of nitro groups is 1. The van der Waals surface area contributed by atoms with Gasteiger partial charge in [-0.05, 0) is 54.4 Å². The Balaban J connectivity index is 1.25. The minimum absolute atomic E-state index is 0.0862. The molecule has 0 unspecified atom stereocenters. The third kappa shape index (κ3) is 6.72. The zero-order valence-electron chi connectivity index (χ0n) is 23.8. The first-order chi connectivity index (χ1) is 20.7. The quantitative estimate of drug-likeness (QED) is 0.160. The fraction of sp³-hybridized carbons (Fsp3) is 0.233. The van der Waals surface area contributed by atoms with Gasteiger partial charge in [-0.3, -0.25) is 19.7 Å². The van der Waals surface area contributed by atoms with E-state index in [-0.39, 0.29) is 35.5 Å². The van der Waals surface area contributed by atoms with Crippen LogP contribution >= 0.6 is 11.8 Å². The summed E-state index contributed by atoms with van der Waals surface area (Å²) in [6.45, 7) is 2.11. The van der Waals surface area contributed by atoms with E-state index in [1.807, 2.05) is 55.5 Å². The number of amides is 2. The molecule has 0 bridgehead atoms. The van der Waals surface area contributed by atoms with Crippen LogP contribution in [0.15, 0.2) is 83.1 Å². The normalized spacial score (nSPS) is 14.3. The zero-order valence-corrected chi connectivity index (χ0v) is 24.6. The molecular weight excluding hydrogens is 570 g/mol. The summed E-state index contributed by atoms with van der Waals surface area (Å²) in [4.78, 5) is 36.3. The van der Waals surface area contributed by atoms with Gasteiger partial charge in [-0.2, -0.15) is 5.10 Å². The maximum absolute atomic E-state index is 13.5. The second kappa shape index (κ2) is 12.9. The minimum Gasteiger partial charge on any atom is -0.497 e. The molecule has 4 aromatic rings. The van der Waals surface area contributed by atoms with E-state index in [1.54, 1.807) is 23.7 Å². The number of carbonyl (C=O) groups is 2. The van der Waals surface area contributed by atoms with Crippen molar-refractivity contribution in [1.29, 1.82) is 0 Å². The van der Waals surface area contributed by atoms with E-state index >= 15 is 0 Å². The van der Waals surface area contributed by atoms with Crippen LogP contribution in [-0.2, 0) is 18.4 Å². The average molecular weight is 600 g/mol. The minimum atomic E-state index is -0.524. The molecule has 12 nitrogen and oxygen atoms in total. The molecule has 3 aromatic carbocycles. The summed E-state index contributed by atoms with van der Waals surface area (Å²) in [6, 6.07) is 20.8. The summed E-state index contributed by atoms with van der Waals surface area (Å²) in [7, 11) is 3.37. The fourth-order valence-electron chi connectivity index (χ4n) is 4.56. The van der Waals surface area contributed by atoms with Crippen LogP contribution in [0, 0.1) is 17.0 Å². The molecule has 2 heterocycles. The molecule has 0 saturated heterocycles. The molecule has 13 heteroatoms. The first-order valence-electron chi connectivity index (χ1n) is 13.4. The number of rotatable bonds is 10. The number of hydrogen-bond acceptors (Lipinski definition) is 9. The number of carbonyl (C=O) groups excluding carboxylic acids is 2. The van der Waals surface area contributed by atoms with Gasteiger partial charge < -0.3 is 14.6 Å². The topological polar surface area (TPSA) is 145 Å². The van der Waals surface area contributed by atoms with Crippen LogP contribution in [0.3, 0.4) is 0 Å². The van der Waals surface area contributed by atoms with Gasteiger partial charge in [-0.15, -0.1) is 10.2 Å². The van der Waals surface area contributed by atoms with Crippen molar-refractivity contribution in [3.63, 3.8) is 0 Å². The monoisotopic (exact) mass is 599 g/mol. The molecule has 220 valence electrons. The summed E-state index contributed by atoms with van der Waals surface area (Å²) in [6.07, 6.45) is 0.578. The van der Waals surface area contributed by atoms with E-state index in [0.29, 0.717) is 17.4 Å². The van der Waals surface area contributed by atoms with E-state index in [0.717, 1.165) is 28.2 Å². The second-order valence-corrected chi connectivity index (χ2v) is 10.8. The van der Waals surface area contributed by atoms with Crippen LogP contribution in [0.2, 0.25) is 0 Å². The van der Waals surface area contributed by atoms with Gasteiger partial charge in [0.15, 0.2) is 11.0 Å². The van der Waals surface area contributed by atoms with Crippen LogP contribution in [0.1, 0.15) is 45.3 Å². The number of thioether (sulfide) groups is 1. The lowest BCUT2D eigenvalue weighted by Crippen LogP contribution is -2.28. The van der Waals surface area contributed by atoms with Gasteiger partial charge in [-0.1, -0.05) is 41.6 Å². The van der Waals surface area contributed by atoms with Crippen molar-refractivity contribution in [3.05, 3.63) is 111 Å². The molecule has 0 spiro atoms. The molecule has 1 aromatic heterocycles. The lowest BCUT2D eigenvalue weighted by Gasteiger charge is -2.22. The number of hydrogen-bond donors (Lipinski definition) is 1. The Morgan fingerprint density at radius 2 is 1.74 bits per heavy atom. The van der Waals surface area contributed by atoms with E-state index in [4.69, 9.17) is 9.84 Å². The molecule has 2 amide bonds. The van der Waals surface area contributed by atoms with Crippen molar-refractivity contribution in [2.45, 2.75) is 31.1 Å². The highest BCUT2D eigenvalue weighted by molar-refractivity contribution is 7.99. The van der Waals surface area contributed by atoms with Crippen molar-refractivity contribution >= 4 is 35.0 Å². The van der Waals surface area contributed by atoms with Crippen LogP contribution in [0.5, 0.6) is 5.75 Å². The Kier molecular flexibility index (Phi) is 8.81. The molecule has 0 radical (unpaired) electrons. The fourth-order valence-corrected chi connectivity index (χ4v) is 5.34. The maximum atomic E-state index is 13.5. The molecular formula is C30H29N7O5S. The Morgan fingerprint density at radius 1 is 1.05 bits per heavy atom. The standard InChI is InChI=1S/C30H29N7O5S/c1-19-4-6-21(7-5-19)26-16-25(20-10-14-24(42-3)15-11-20)34-36(26)28(38)18-43-30-33-32-27(35(30)2)17-31-29(39)22-8-12-23(13-9-22)37(40)41/h4-15,26H,16-18H2,1-3H3,(H,31,39)/t26-/m0/s1. The molecule has 43 heavy (non-hydrogen) atoms. The van der Waals surface area contributed by atoms with Crippen LogP contribution < -0.4 is 10.1 Å². The lowest BCUT2D eigenvalue weighted by atomic mass is 9.97. The number of nitrogens with one attached hydrogen (secondary N) is 1. The number of benzene rings is 3. The largest absolute Gasteiger partial charge is 0.497 e. The van der Waals surface area contributed by atoms with Crippen LogP contribution in [0.25, 0.3) is 0 Å². The number of nitro benzene ring substituents is 1. The predicted molar refractivity (Wildman–Crippen MR) is 161 cm³/mol. The SMILES string of the molecule is COc1ccc(C2=NN(C(=O)CSc3nnc(CNC(=O)c4ccc([N+](=O)[O-])cc4)n3C)[C@H](c3ccc(C)cc3)C2)cc1. The lowest BCUT2D eigenvalue weighted by molar-refractivity contribution is -0.384. The Labute approximate surface area is 251 Å². The Morgan fingerprint density at radius 3 is 2.40 bits per heavy atom. The van der Waals surface area contributed by atoms with Gasteiger partial charge in [0.05, 0.1) is 36.1 Å². The molecule has 0 aliphatic carbocycles. The number of non-ortho nitro benzene ring substituents is 1.